The maximum Gasteiger partial charge on any atom is 0.173 e. The van der Waals surface area contributed by atoms with Crippen LogP contribution in [0.2, 0.25) is 0 Å². The van der Waals surface area contributed by atoms with Crippen molar-refractivity contribution in [2.45, 2.75) is 76.7 Å². The molecule has 0 unspecified atom stereocenters. The van der Waals surface area contributed by atoms with Crippen LogP contribution in [0.15, 0.2) is 60.7 Å². The highest BCUT2D eigenvalue weighted by atomic mass is 16.3. The van der Waals surface area contributed by atoms with Crippen LogP contribution in [0.25, 0.3) is 0 Å². The average molecular weight is 367 g/mol. The molecule has 0 radical (unpaired) electrons. The van der Waals surface area contributed by atoms with Gasteiger partial charge in [0.15, 0.2) is 11.4 Å². The van der Waals surface area contributed by atoms with Gasteiger partial charge in [0.1, 0.15) is 0 Å². The Morgan fingerprint density at radius 1 is 0.704 bits per heavy atom. The number of rotatable bonds is 13. The summed E-state index contributed by atoms with van der Waals surface area (Å²) in [5.41, 5.74) is -0.253. The van der Waals surface area contributed by atoms with Gasteiger partial charge in [0.05, 0.1) is 0 Å². The molecule has 0 fully saturated rings. The van der Waals surface area contributed by atoms with Gasteiger partial charge in [-0.25, -0.2) is 0 Å². The van der Waals surface area contributed by atoms with Gasteiger partial charge < -0.3 is 5.11 Å². The van der Waals surface area contributed by atoms with Crippen LogP contribution in [0.5, 0.6) is 0 Å². The third kappa shape index (κ3) is 6.32. The van der Waals surface area contributed by atoms with Crippen LogP contribution < -0.4 is 0 Å². The van der Waals surface area contributed by atoms with E-state index < -0.39 is 5.60 Å². The van der Waals surface area contributed by atoms with Gasteiger partial charge in [0.25, 0.3) is 0 Å². The molecule has 0 bridgehead atoms. The van der Waals surface area contributed by atoms with Gasteiger partial charge in [-0.1, -0.05) is 119 Å². The minimum atomic E-state index is -1.55. The number of carbonyl (C=O) groups is 1. The Kier molecular flexibility index (Phi) is 9.27. The first-order chi connectivity index (χ1) is 13.2. The van der Waals surface area contributed by atoms with Crippen molar-refractivity contribution in [3.05, 3.63) is 71.8 Å². The van der Waals surface area contributed by atoms with Crippen molar-refractivity contribution in [3.63, 3.8) is 0 Å². The molecule has 146 valence electrons. The van der Waals surface area contributed by atoms with E-state index in [4.69, 9.17) is 0 Å². The van der Waals surface area contributed by atoms with E-state index in [9.17, 15) is 9.90 Å². The Morgan fingerprint density at radius 3 is 1.56 bits per heavy atom. The molecular weight excluding hydrogens is 332 g/mol. The first-order valence-electron chi connectivity index (χ1n) is 10.6. The monoisotopic (exact) mass is 366 g/mol. The minimum Gasteiger partial charge on any atom is -0.373 e. The zero-order chi connectivity index (χ0) is 19.4. The highest BCUT2D eigenvalue weighted by molar-refractivity contribution is 5.91. The van der Waals surface area contributed by atoms with Crippen LogP contribution in [0.4, 0.5) is 0 Å². The van der Waals surface area contributed by atoms with E-state index >= 15 is 0 Å². The molecule has 0 heterocycles. The van der Waals surface area contributed by atoms with Crippen LogP contribution in [0.1, 0.15) is 82.3 Å². The summed E-state index contributed by atoms with van der Waals surface area (Å²) in [4.78, 5) is 13.0. The molecule has 2 aromatic carbocycles. The van der Waals surface area contributed by atoms with Crippen LogP contribution in [-0.2, 0) is 10.4 Å². The second-order valence-corrected chi connectivity index (χ2v) is 7.44. The largest absolute Gasteiger partial charge is 0.373 e. The fourth-order valence-electron chi connectivity index (χ4n) is 3.62. The standard InChI is InChI=1S/C25H34O2/c1-2-3-4-5-6-7-8-9-16-21-24(26)25(27,22-17-12-10-13-18-22)23-19-14-11-15-20-23/h10-15,17-20,27H,2-9,16,21H2,1H3. The van der Waals surface area contributed by atoms with E-state index in [0.29, 0.717) is 17.5 Å². The van der Waals surface area contributed by atoms with E-state index in [1.807, 2.05) is 60.7 Å². The van der Waals surface area contributed by atoms with Gasteiger partial charge in [0, 0.05) is 6.42 Å². The van der Waals surface area contributed by atoms with E-state index in [2.05, 4.69) is 6.92 Å². The van der Waals surface area contributed by atoms with Gasteiger partial charge >= 0.3 is 0 Å². The summed E-state index contributed by atoms with van der Waals surface area (Å²) in [6.45, 7) is 2.24. The summed E-state index contributed by atoms with van der Waals surface area (Å²) in [6.07, 6.45) is 11.3. The maximum atomic E-state index is 13.0. The summed E-state index contributed by atoms with van der Waals surface area (Å²) in [7, 11) is 0. The number of unbranched alkanes of at least 4 members (excludes halogenated alkanes) is 8. The third-order valence-corrected chi connectivity index (χ3v) is 5.29. The highest BCUT2D eigenvalue weighted by Gasteiger charge is 2.38. The van der Waals surface area contributed by atoms with E-state index in [0.717, 1.165) is 12.8 Å². The van der Waals surface area contributed by atoms with Gasteiger partial charge in [-0.3, -0.25) is 4.79 Å². The van der Waals surface area contributed by atoms with Gasteiger partial charge in [0.2, 0.25) is 0 Å². The Labute approximate surface area is 164 Å². The molecular formula is C25H34O2. The fraction of sp³-hybridized carbons (Fsp3) is 0.480. The Bertz CT molecular complexity index is 609. The number of Topliss-reactive ketones (excluding diaryl/α,β-unsaturated/α-hetero) is 1. The van der Waals surface area contributed by atoms with Crippen molar-refractivity contribution in [2.24, 2.45) is 0 Å². The first kappa shape index (κ1) is 21.4. The number of ketones is 1. The number of aliphatic hydroxyl groups is 1. The lowest BCUT2D eigenvalue weighted by molar-refractivity contribution is -0.134. The molecule has 0 amide bonds. The number of carbonyl (C=O) groups excluding carboxylic acids is 1. The summed E-state index contributed by atoms with van der Waals surface area (Å²) in [5, 5.41) is 11.4. The van der Waals surface area contributed by atoms with Crippen molar-refractivity contribution in [3.8, 4) is 0 Å². The van der Waals surface area contributed by atoms with Gasteiger partial charge in [-0.2, -0.15) is 0 Å². The second-order valence-electron chi connectivity index (χ2n) is 7.44. The molecule has 2 heteroatoms. The predicted octanol–water partition coefficient (Wildman–Crippen LogP) is 6.41. The van der Waals surface area contributed by atoms with E-state index in [1.165, 1.54) is 44.9 Å². The molecule has 0 aliphatic heterocycles. The first-order valence-corrected chi connectivity index (χ1v) is 10.6. The summed E-state index contributed by atoms with van der Waals surface area (Å²) < 4.78 is 0. The quantitative estimate of drug-likeness (QED) is 0.416. The van der Waals surface area contributed by atoms with Crippen molar-refractivity contribution in [1.29, 1.82) is 0 Å². The summed E-state index contributed by atoms with van der Waals surface area (Å²) in [6, 6.07) is 18.6. The molecule has 0 spiro atoms. The van der Waals surface area contributed by atoms with Crippen LogP contribution in [0.3, 0.4) is 0 Å². The van der Waals surface area contributed by atoms with Gasteiger partial charge in [-0.05, 0) is 17.5 Å². The van der Waals surface area contributed by atoms with Crippen molar-refractivity contribution < 1.29 is 9.90 Å². The topological polar surface area (TPSA) is 37.3 Å². The smallest absolute Gasteiger partial charge is 0.173 e. The molecule has 0 saturated carbocycles. The maximum absolute atomic E-state index is 13.0. The molecule has 0 aromatic heterocycles. The molecule has 0 aliphatic carbocycles. The van der Waals surface area contributed by atoms with Gasteiger partial charge in [-0.15, -0.1) is 0 Å². The van der Waals surface area contributed by atoms with Crippen LogP contribution in [-0.4, -0.2) is 10.9 Å². The molecule has 2 aromatic rings. The third-order valence-electron chi connectivity index (χ3n) is 5.29. The molecule has 1 N–H and O–H groups in total. The second kappa shape index (κ2) is 11.7. The molecule has 0 saturated heterocycles. The summed E-state index contributed by atoms with van der Waals surface area (Å²) >= 11 is 0. The predicted molar refractivity (Wildman–Crippen MR) is 113 cm³/mol. The van der Waals surface area contributed by atoms with Crippen molar-refractivity contribution in [2.75, 3.05) is 0 Å². The molecule has 0 atom stereocenters. The zero-order valence-electron chi connectivity index (χ0n) is 16.7. The van der Waals surface area contributed by atoms with Crippen molar-refractivity contribution in [1.82, 2.24) is 0 Å². The Morgan fingerprint density at radius 2 is 1.11 bits per heavy atom. The highest BCUT2D eigenvalue weighted by Crippen LogP contribution is 2.32. The SMILES string of the molecule is CCCCCCCCCCCC(=O)C(O)(c1ccccc1)c1ccccc1. The normalized spacial score (nSPS) is 11.5. The lowest BCUT2D eigenvalue weighted by Crippen LogP contribution is -2.37. The lowest BCUT2D eigenvalue weighted by atomic mass is 9.81. The molecule has 2 rings (SSSR count). The lowest BCUT2D eigenvalue weighted by Gasteiger charge is -2.28. The fourth-order valence-corrected chi connectivity index (χ4v) is 3.62. The average Bonchev–Trinajstić information content (AvgIpc) is 2.73. The summed E-state index contributed by atoms with van der Waals surface area (Å²) in [5.74, 6) is -0.108. The molecule has 2 nitrogen and oxygen atoms in total. The van der Waals surface area contributed by atoms with Crippen molar-refractivity contribution >= 4 is 5.78 Å². The number of hydrogen-bond acceptors (Lipinski definition) is 2. The van der Waals surface area contributed by atoms with E-state index in [1.54, 1.807) is 0 Å². The Balaban J connectivity index is 1.89. The van der Waals surface area contributed by atoms with Crippen LogP contribution >= 0.6 is 0 Å². The number of hydrogen-bond donors (Lipinski definition) is 1. The molecule has 27 heavy (non-hydrogen) atoms. The van der Waals surface area contributed by atoms with E-state index in [-0.39, 0.29) is 5.78 Å². The zero-order valence-corrected chi connectivity index (χ0v) is 16.7. The molecule has 0 aliphatic rings. The minimum absolute atomic E-state index is 0.108. The Hall–Kier alpha value is -1.93. The number of benzene rings is 2. The van der Waals surface area contributed by atoms with Crippen LogP contribution in [0, 0.1) is 0 Å².